The van der Waals surface area contributed by atoms with Gasteiger partial charge < -0.3 is 15.5 Å². The van der Waals surface area contributed by atoms with E-state index in [-0.39, 0.29) is 0 Å². The van der Waals surface area contributed by atoms with Gasteiger partial charge in [-0.3, -0.25) is 0 Å². The Hall–Kier alpha value is -1.80. The molecule has 0 aromatic carbocycles. The SMILES string of the molecule is CN(C)CCN(C)c1ncc(N)cc1C#N. The van der Waals surface area contributed by atoms with Crippen LogP contribution in [0.3, 0.4) is 0 Å². The lowest BCUT2D eigenvalue weighted by atomic mass is 10.2. The van der Waals surface area contributed by atoms with Crippen LogP contribution in [-0.2, 0) is 0 Å². The molecule has 16 heavy (non-hydrogen) atoms. The first-order valence-corrected chi connectivity index (χ1v) is 5.06. The average Bonchev–Trinajstić information content (AvgIpc) is 2.25. The fourth-order valence-electron chi connectivity index (χ4n) is 1.32. The summed E-state index contributed by atoms with van der Waals surface area (Å²) in [4.78, 5) is 8.23. The molecule has 1 aromatic heterocycles. The highest BCUT2D eigenvalue weighted by Gasteiger charge is 2.09. The molecule has 0 bridgehead atoms. The second-order valence-electron chi connectivity index (χ2n) is 3.98. The average molecular weight is 219 g/mol. The lowest BCUT2D eigenvalue weighted by Gasteiger charge is -2.21. The highest BCUT2D eigenvalue weighted by molar-refractivity contribution is 5.58. The van der Waals surface area contributed by atoms with Gasteiger partial charge in [-0.2, -0.15) is 5.26 Å². The van der Waals surface area contributed by atoms with Crippen molar-refractivity contribution in [3.8, 4) is 6.07 Å². The van der Waals surface area contributed by atoms with Crippen LogP contribution in [0.1, 0.15) is 5.56 Å². The van der Waals surface area contributed by atoms with Crippen LogP contribution in [-0.4, -0.2) is 44.1 Å². The van der Waals surface area contributed by atoms with Crippen molar-refractivity contribution in [3.63, 3.8) is 0 Å². The highest BCUT2D eigenvalue weighted by atomic mass is 15.2. The van der Waals surface area contributed by atoms with Gasteiger partial charge in [-0.05, 0) is 20.2 Å². The van der Waals surface area contributed by atoms with Gasteiger partial charge in [0.05, 0.1) is 17.4 Å². The number of anilines is 2. The molecule has 0 saturated carbocycles. The summed E-state index contributed by atoms with van der Waals surface area (Å²) >= 11 is 0. The van der Waals surface area contributed by atoms with Gasteiger partial charge in [-0.25, -0.2) is 4.98 Å². The molecule has 1 rings (SSSR count). The summed E-state index contributed by atoms with van der Waals surface area (Å²) in [6, 6.07) is 3.75. The second kappa shape index (κ2) is 5.33. The first-order chi connectivity index (χ1) is 7.54. The van der Waals surface area contributed by atoms with E-state index >= 15 is 0 Å². The summed E-state index contributed by atoms with van der Waals surface area (Å²) in [7, 11) is 5.94. The van der Waals surface area contributed by atoms with Crippen molar-refractivity contribution in [1.82, 2.24) is 9.88 Å². The van der Waals surface area contributed by atoms with Crippen LogP contribution in [0.5, 0.6) is 0 Å². The minimum Gasteiger partial charge on any atom is -0.397 e. The molecule has 5 nitrogen and oxygen atoms in total. The fraction of sp³-hybridized carbons (Fsp3) is 0.455. The largest absolute Gasteiger partial charge is 0.397 e. The Morgan fingerprint density at radius 3 is 2.62 bits per heavy atom. The summed E-state index contributed by atoms with van der Waals surface area (Å²) in [5, 5.41) is 8.99. The van der Waals surface area contributed by atoms with Gasteiger partial charge in [0, 0.05) is 20.1 Å². The number of nitrogen functional groups attached to an aromatic ring is 1. The van der Waals surface area contributed by atoms with Crippen molar-refractivity contribution in [2.75, 3.05) is 44.9 Å². The van der Waals surface area contributed by atoms with E-state index in [0.717, 1.165) is 13.1 Å². The molecule has 0 spiro atoms. The molecular formula is C11H17N5. The van der Waals surface area contributed by atoms with E-state index in [0.29, 0.717) is 17.1 Å². The lowest BCUT2D eigenvalue weighted by molar-refractivity contribution is 0.416. The Bertz CT molecular complexity index is 394. The minimum atomic E-state index is 0.515. The number of hydrogen-bond donors (Lipinski definition) is 1. The zero-order valence-corrected chi connectivity index (χ0v) is 9.94. The Balaban J connectivity index is 2.83. The molecule has 0 atom stereocenters. The molecule has 0 fully saturated rings. The van der Waals surface area contributed by atoms with Crippen LogP contribution < -0.4 is 10.6 Å². The van der Waals surface area contributed by atoms with Crippen molar-refractivity contribution in [2.24, 2.45) is 0 Å². The van der Waals surface area contributed by atoms with E-state index in [9.17, 15) is 0 Å². The standard InChI is InChI=1S/C11H17N5/c1-15(2)4-5-16(3)11-9(7-12)6-10(13)8-14-11/h6,8H,4-5,13H2,1-3H3. The van der Waals surface area contributed by atoms with Crippen molar-refractivity contribution in [2.45, 2.75) is 0 Å². The first-order valence-electron chi connectivity index (χ1n) is 5.06. The van der Waals surface area contributed by atoms with Gasteiger partial charge in [0.15, 0.2) is 0 Å². The maximum Gasteiger partial charge on any atom is 0.146 e. The number of nitrogens with zero attached hydrogens (tertiary/aromatic N) is 4. The smallest absolute Gasteiger partial charge is 0.146 e. The Labute approximate surface area is 96.1 Å². The molecular weight excluding hydrogens is 202 g/mol. The third-order valence-corrected chi connectivity index (χ3v) is 2.25. The topological polar surface area (TPSA) is 69.2 Å². The maximum absolute atomic E-state index is 8.99. The van der Waals surface area contributed by atoms with E-state index in [1.807, 2.05) is 26.0 Å². The van der Waals surface area contributed by atoms with E-state index in [4.69, 9.17) is 11.0 Å². The zero-order valence-electron chi connectivity index (χ0n) is 9.94. The van der Waals surface area contributed by atoms with Crippen LogP contribution in [0.4, 0.5) is 11.5 Å². The summed E-state index contributed by atoms with van der Waals surface area (Å²) < 4.78 is 0. The van der Waals surface area contributed by atoms with Gasteiger partial charge in [0.2, 0.25) is 0 Å². The molecule has 0 aliphatic rings. The molecule has 5 heteroatoms. The van der Waals surface area contributed by atoms with Gasteiger partial charge in [-0.1, -0.05) is 0 Å². The quantitative estimate of drug-likeness (QED) is 0.800. The van der Waals surface area contributed by atoms with Gasteiger partial charge in [0.1, 0.15) is 11.9 Å². The molecule has 0 aliphatic carbocycles. The van der Waals surface area contributed by atoms with E-state index in [1.54, 1.807) is 12.3 Å². The third kappa shape index (κ3) is 3.11. The summed E-state index contributed by atoms with van der Waals surface area (Å²) in [6.45, 7) is 1.73. The molecule has 0 unspecified atom stereocenters. The number of nitriles is 1. The Morgan fingerprint density at radius 2 is 2.06 bits per heavy atom. The zero-order chi connectivity index (χ0) is 12.1. The van der Waals surface area contributed by atoms with E-state index in [2.05, 4.69) is 16.0 Å². The van der Waals surface area contributed by atoms with Crippen molar-refractivity contribution >= 4 is 11.5 Å². The predicted octanol–water partition coefficient (Wildman–Crippen LogP) is 0.533. The fourth-order valence-corrected chi connectivity index (χ4v) is 1.32. The van der Waals surface area contributed by atoms with Gasteiger partial charge >= 0.3 is 0 Å². The molecule has 86 valence electrons. The normalized spacial score (nSPS) is 10.2. The number of likely N-dealkylation sites (N-methyl/N-ethyl adjacent to an activating group) is 2. The van der Waals surface area contributed by atoms with E-state index < -0.39 is 0 Å². The Kier molecular flexibility index (Phi) is 4.09. The van der Waals surface area contributed by atoms with Crippen molar-refractivity contribution < 1.29 is 0 Å². The third-order valence-electron chi connectivity index (χ3n) is 2.25. The van der Waals surface area contributed by atoms with Gasteiger partial charge in [0.25, 0.3) is 0 Å². The second-order valence-corrected chi connectivity index (χ2v) is 3.98. The van der Waals surface area contributed by atoms with Crippen LogP contribution in [0, 0.1) is 11.3 Å². The molecule has 0 aliphatic heterocycles. The molecule has 0 radical (unpaired) electrons. The van der Waals surface area contributed by atoms with Crippen molar-refractivity contribution in [1.29, 1.82) is 5.26 Å². The predicted molar refractivity (Wildman–Crippen MR) is 65.2 cm³/mol. The number of pyridine rings is 1. The minimum absolute atomic E-state index is 0.515. The van der Waals surface area contributed by atoms with Crippen LogP contribution in [0.2, 0.25) is 0 Å². The first kappa shape index (κ1) is 12.3. The number of nitrogens with two attached hydrogens (primary N) is 1. The summed E-state index contributed by atoms with van der Waals surface area (Å²) in [5.41, 5.74) is 6.62. The molecule has 2 N–H and O–H groups in total. The number of hydrogen-bond acceptors (Lipinski definition) is 5. The highest BCUT2D eigenvalue weighted by Crippen LogP contribution is 2.17. The molecule has 0 saturated heterocycles. The van der Waals surface area contributed by atoms with Crippen LogP contribution in [0.25, 0.3) is 0 Å². The van der Waals surface area contributed by atoms with Crippen molar-refractivity contribution in [3.05, 3.63) is 17.8 Å². The summed E-state index contributed by atoms with van der Waals surface area (Å²) in [6.07, 6.45) is 1.57. The van der Waals surface area contributed by atoms with Crippen LogP contribution >= 0.6 is 0 Å². The maximum atomic E-state index is 8.99. The molecule has 1 heterocycles. The lowest BCUT2D eigenvalue weighted by Crippen LogP contribution is -2.29. The van der Waals surface area contributed by atoms with E-state index in [1.165, 1.54) is 0 Å². The van der Waals surface area contributed by atoms with Crippen LogP contribution in [0.15, 0.2) is 12.3 Å². The van der Waals surface area contributed by atoms with Gasteiger partial charge in [-0.15, -0.1) is 0 Å². The number of aromatic nitrogens is 1. The molecule has 0 amide bonds. The summed E-state index contributed by atoms with van der Waals surface area (Å²) in [5.74, 6) is 0.679. The Morgan fingerprint density at radius 1 is 1.38 bits per heavy atom. The molecule has 1 aromatic rings. The monoisotopic (exact) mass is 219 g/mol. The number of rotatable bonds is 4.